The SMILES string of the molecule is CCOC(=O)C[C@@H](CC(=O)CBr)OC(=O)c1ccccc1. The standard InChI is InChI=1S/C15H17BrO5/c1-2-20-14(18)9-13(8-12(17)10-16)21-15(19)11-6-4-3-5-7-11/h3-7,13H,2,8-10H2,1H3/t13-/m1/s1. The van der Waals surface area contributed by atoms with Gasteiger partial charge in [-0.1, -0.05) is 34.1 Å². The normalized spacial score (nSPS) is 11.5. The molecule has 0 aliphatic carbocycles. The lowest BCUT2D eigenvalue weighted by Gasteiger charge is -2.16. The van der Waals surface area contributed by atoms with Crippen LogP contribution >= 0.6 is 15.9 Å². The van der Waals surface area contributed by atoms with E-state index in [9.17, 15) is 14.4 Å². The molecule has 0 saturated carbocycles. The van der Waals surface area contributed by atoms with Crippen LogP contribution in [0.4, 0.5) is 0 Å². The van der Waals surface area contributed by atoms with Gasteiger partial charge in [-0.2, -0.15) is 0 Å². The number of hydrogen-bond donors (Lipinski definition) is 0. The number of hydrogen-bond acceptors (Lipinski definition) is 5. The van der Waals surface area contributed by atoms with Crippen LogP contribution in [0.25, 0.3) is 0 Å². The van der Waals surface area contributed by atoms with Crippen molar-refractivity contribution in [2.24, 2.45) is 0 Å². The van der Waals surface area contributed by atoms with Crippen molar-refractivity contribution >= 4 is 33.7 Å². The van der Waals surface area contributed by atoms with Crippen LogP contribution < -0.4 is 0 Å². The molecule has 5 nitrogen and oxygen atoms in total. The highest BCUT2D eigenvalue weighted by Crippen LogP contribution is 2.11. The van der Waals surface area contributed by atoms with Crippen molar-refractivity contribution in [3.63, 3.8) is 0 Å². The zero-order chi connectivity index (χ0) is 15.7. The fraction of sp³-hybridized carbons (Fsp3) is 0.400. The second-order valence-electron chi connectivity index (χ2n) is 4.28. The molecular weight excluding hydrogens is 340 g/mol. The average molecular weight is 357 g/mol. The van der Waals surface area contributed by atoms with Crippen LogP contribution in [0, 0.1) is 0 Å². The smallest absolute Gasteiger partial charge is 0.338 e. The van der Waals surface area contributed by atoms with Gasteiger partial charge in [0.05, 0.1) is 23.9 Å². The van der Waals surface area contributed by atoms with E-state index < -0.39 is 18.0 Å². The van der Waals surface area contributed by atoms with Crippen LogP contribution in [0.15, 0.2) is 30.3 Å². The number of halogens is 1. The number of carbonyl (C=O) groups excluding carboxylic acids is 3. The zero-order valence-corrected chi connectivity index (χ0v) is 13.3. The van der Waals surface area contributed by atoms with Crippen molar-refractivity contribution in [3.05, 3.63) is 35.9 Å². The van der Waals surface area contributed by atoms with Gasteiger partial charge in [0.1, 0.15) is 11.9 Å². The van der Waals surface area contributed by atoms with E-state index in [2.05, 4.69) is 15.9 Å². The summed E-state index contributed by atoms with van der Waals surface area (Å²) in [5.74, 6) is -1.21. The molecule has 0 saturated heterocycles. The summed E-state index contributed by atoms with van der Waals surface area (Å²) in [7, 11) is 0. The molecule has 21 heavy (non-hydrogen) atoms. The van der Waals surface area contributed by atoms with Gasteiger partial charge in [0.15, 0.2) is 0 Å². The Morgan fingerprint density at radius 3 is 2.38 bits per heavy atom. The molecule has 0 radical (unpaired) electrons. The summed E-state index contributed by atoms with van der Waals surface area (Å²) in [6.45, 7) is 1.93. The third-order valence-corrected chi connectivity index (χ3v) is 3.21. The molecule has 1 aromatic rings. The molecule has 1 rings (SSSR count). The van der Waals surface area contributed by atoms with Crippen molar-refractivity contribution in [1.82, 2.24) is 0 Å². The number of ether oxygens (including phenoxy) is 2. The van der Waals surface area contributed by atoms with Crippen LogP contribution in [0.1, 0.15) is 30.1 Å². The molecule has 0 amide bonds. The molecule has 1 aromatic carbocycles. The molecule has 0 unspecified atom stereocenters. The van der Waals surface area contributed by atoms with E-state index in [0.29, 0.717) is 5.56 Å². The van der Waals surface area contributed by atoms with Gasteiger partial charge >= 0.3 is 11.9 Å². The zero-order valence-electron chi connectivity index (χ0n) is 11.7. The fourth-order valence-electron chi connectivity index (χ4n) is 1.66. The maximum absolute atomic E-state index is 12.0. The molecule has 0 aromatic heterocycles. The predicted octanol–water partition coefficient (Wildman–Crippen LogP) is 2.52. The molecule has 0 spiro atoms. The van der Waals surface area contributed by atoms with Gasteiger partial charge in [-0.05, 0) is 19.1 Å². The molecule has 0 aliphatic heterocycles. The second kappa shape index (κ2) is 9.28. The molecule has 114 valence electrons. The molecule has 0 fully saturated rings. The minimum atomic E-state index is -0.818. The van der Waals surface area contributed by atoms with Gasteiger partial charge in [-0.3, -0.25) is 9.59 Å². The molecule has 6 heteroatoms. The number of ketones is 1. The van der Waals surface area contributed by atoms with Gasteiger partial charge < -0.3 is 9.47 Å². The van der Waals surface area contributed by atoms with Crippen LogP contribution in [-0.2, 0) is 19.1 Å². The van der Waals surface area contributed by atoms with E-state index in [1.807, 2.05) is 0 Å². The van der Waals surface area contributed by atoms with E-state index in [4.69, 9.17) is 9.47 Å². The van der Waals surface area contributed by atoms with E-state index >= 15 is 0 Å². The summed E-state index contributed by atoms with van der Waals surface area (Å²) in [6.07, 6.45) is -0.977. The Bertz CT molecular complexity index is 486. The van der Waals surface area contributed by atoms with Crippen molar-refractivity contribution in [2.45, 2.75) is 25.9 Å². The number of Topliss-reactive ketones (excluding diaryl/α,β-unsaturated/α-hetero) is 1. The molecule has 1 atom stereocenters. The van der Waals surface area contributed by atoms with Crippen molar-refractivity contribution in [3.8, 4) is 0 Å². The summed E-state index contributed by atoms with van der Waals surface area (Å²) in [6, 6.07) is 8.41. The van der Waals surface area contributed by atoms with E-state index in [0.717, 1.165) is 0 Å². The Balaban J connectivity index is 2.69. The Kier molecular flexibility index (Phi) is 7.68. The van der Waals surface area contributed by atoms with Crippen LogP contribution in [0.5, 0.6) is 0 Å². The second-order valence-corrected chi connectivity index (χ2v) is 4.84. The Hall–Kier alpha value is -1.69. The predicted molar refractivity (Wildman–Crippen MR) is 80.3 cm³/mol. The number of rotatable bonds is 8. The molecule has 0 heterocycles. The lowest BCUT2D eigenvalue weighted by molar-refractivity contribution is -0.145. The van der Waals surface area contributed by atoms with Gasteiger partial charge in [0.2, 0.25) is 0 Å². The first-order chi connectivity index (χ1) is 10.1. The monoisotopic (exact) mass is 356 g/mol. The summed E-state index contributed by atoms with van der Waals surface area (Å²) >= 11 is 3.05. The number of alkyl halides is 1. The molecule has 0 bridgehead atoms. The minimum Gasteiger partial charge on any atom is -0.466 e. The number of benzene rings is 1. The summed E-state index contributed by atoms with van der Waals surface area (Å²) in [5, 5.41) is 0.148. The topological polar surface area (TPSA) is 69.7 Å². The quantitative estimate of drug-likeness (QED) is 0.528. The lowest BCUT2D eigenvalue weighted by atomic mass is 10.1. The maximum Gasteiger partial charge on any atom is 0.338 e. The Morgan fingerprint density at radius 1 is 1.14 bits per heavy atom. The van der Waals surface area contributed by atoms with E-state index in [1.165, 1.54) is 0 Å². The Morgan fingerprint density at radius 2 is 1.81 bits per heavy atom. The number of esters is 2. The van der Waals surface area contributed by atoms with Crippen LogP contribution in [-0.4, -0.2) is 35.8 Å². The summed E-state index contributed by atoms with van der Waals surface area (Å²) in [4.78, 5) is 35.0. The highest BCUT2D eigenvalue weighted by Gasteiger charge is 2.22. The van der Waals surface area contributed by atoms with Gasteiger partial charge in [-0.25, -0.2) is 4.79 Å². The highest BCUT2D eigenvalue weighted by molar-refractivity contribution is 9.09. The first-order valence-electron chi connectivity index (χ1n) is 6.56. The molecule has 0 aliphatic rings. The molecular formula is C15H17BrO5. The first kappa shape index (κ1) is 17.4. The third kappa shape index (κ3) is 6.53. The van der Waals surface area contributed by atoms with Crippen molar-refractivity contribution in [2.75, 3.05) is 11.9 Å². The highest BCUT2D eigenvalue weighted by atomic mass is 79.9. The Labute approximate surface area is 131 Å². The average Bonchev–Trinajstić information content (AvgIpc) is 2.48. The largest absolute Gasteiger partial charge is 0.466 e. The van der Waals surface area contributed by atoms with Crippen LogP contribution in [0.3, 0.4) is 0 Å². The summed E-state index contributed by atoms with van der Waals surface area (Å²) < 4.78 is 10.1. The first-order valence-corrected chi connectivity index (χ1v) is 7.68. The summed E-state index contributed by atoms with van der Waals surface area (Å²) in [5.41, 5.74) is 0.373. The van der Waals surface area contributed by atoms with Crippen molar-refractivity contribution < 1.29 is 23.9 Å². The lowest BCUT2D eigenvalue weighted by Crippen LogP contribution is -2.26. The van der Waals surface area contributed by atoms with Crippen LogP contribution in [0.2, 0.25) is 0 Å². The third-order valence-electron chi connectivity index (χ3n) is 2.59. The van der Waals surface area contributed by atoms with Crippen molar-refractivity contribution in [1.29, 1.82) is 0 Å². The van der Waals surface area contributed by atoms with Gasteiger partial charge in [-0.15, -0.1) is 0 Å². The molecule has 0 N–H and O–H groups in total. The van der Waals surface area contributed by atoms with Gasteiger partial charge in [0, 0.05) is 6.42 Å². The number of carbonyl (C=O) groups is 3. The fourth-order valence-corrected chi connectivity index (χ4v) is 1.89. The van der Waals surface area contributed by atoms with E-state index in [-0.39, 0.29) is 30.6 Å². The van der Waals surface area contributed by atoms with E-state index in [1.54, 1.807) is 37.3 Å². The van der Waals surface area contributed by atoms with Gasteiger partial charge in [0.25, 0.3) is 0 Å². The maximum atomic E-state index is 12.0. The minimum absolute atomic E-state index is 0.0252.